The van der Waals surface area contributed by atoms with Crippen LogP contribution in [0.2, 0.25) is 0 Å². The lowest BCUT2D eigenvalue weighted by Gasteiger charge is -2.14. The molecule has 55 heavy (non-hydrogen) atoms. The van der Waals surface area contributed by atoms with E-state index < -0.39 is 0 Å². The van der Waals surface area contributed by atoms with Crippen molar-refractivity contribution >= 4 is 65.4 Å². The Kier molecular flexibility index (Phi) is 6.61. The Hall–Kier alpha value is -7.86. The van der Waals surface area contributed by atoms with Gasteiger partial charge in [0.05, 0.1) is 55.6 Å². The molecule has 0 saturated heterocycles. The largest absolute Gasteiger partial charge is 0.309 e. The van der Waals surface area contributed by atoms with Gasteiger partial charge in [0, 0.05) is 38.0 Å². The van der Waals surface area contributed by atoms with Crippen molar-refractivity contribution < 1.29 is 0 Å². The lowest BCUT2D eigenvalue weighted by Crippen LogP contribution is -2.00. The van der Waals surface area contributed by atoms with Crippen LogP contribution >= 0.6 is 0 Å². The van der Waals surface area contributed by atoms with E-state index in [0.29, 0.717) is 11.1 Å². The van der Waals surface area contributed by atoms with Gasteiger partial charge in [0.1, 0.15) is 12.1 Å². The molecular weight excluding hydrogens is 671 g/mol. The summed E-state index contributed by atoms with van der Waals surface area (Å²) in [6.45, 7) is 0. The van der Waals surface area contributed by atoms with Crippen LogP contribution in [-0.4, -0.2) is 13.7 Å². The minimum Gasteiger partial charge on any atom is -0.309 e. The molecule has 3 heterocycles. The number of aromatic nitrogens is 3. The Balaban J connectivity index is 1.15. The van der Waals surface area contributed by atoms with Gasteiger partial charge >= 0.3 is 0 Å². The number of para-hydroxylation sites is 5. The molecule has 0 aliphatic carbocycles. The highest BCUT2D eigenvalue weighted by Crippen LogP contribution is 2.41. The third-order valence-corrected chi connectivity index (χ3v) is 11.1. The molecule has 0 atom stereocenters. The molecule has 0 unspecified atom stereocenters. The summed E-state index contributed by atoms with van der Waals surface area (Å²) in [6, 6.07) is 65.9. The van der Waals surface area contributed by atoms with Crippen LogP contribution in [0.15, 0.2) is 176 Å². The summed E-state index contributed by atoms with van der Waals surface area (Å²) in [5.41, 5.74) is 12.4. The summed E-state index contributed by atoms with van der Waals surface area (Å²) in [7, 11) is 0. The number of hydrogen-bond donors (Lipinski definition) is 0. The maximum absolute atomic E-state index is 10.6. The van der Waals surface area contributed by atoms with Gasteiger partial charge in [-0.2, -0.15) is 10.5 Å². The Morgan fingerprint density at radius 3 is 1.55 bits per heavy atom. The Morgan fingerprint density at radius 1 is 0.345 bits per heavy atom. The molecule has 0 aliphatic rings. The van der Waals surface area contributed by atoms with E-state index in [1.807, 2.05) is 36.4 Å². The first-order valence-electron chi connectivity index (χ1n) is 18.3. The zero-order valence-corrected chi connectivity index (χ0v) is 29.5. The molecule has 254 valence electrons. The van der Waals surface area contributed by atoms with Crippen LogP contribution in [0.3, 0.4) is 0 Å². The molecule has 0 saturated carbocycles. The van der Waals surface area contributed by atoms with Crippen molar-refractivity contribution in [2.24, 2.45) is 0 Å². The zero-order valence-electron chi connectivity index (χ0n) is 29.5. The van der Waals surface area contributed by atoms with Gasteiger partial charge in [-0.05, 0) is 77.9 Å². The fourth-order valence-corrected chi connectivity index (χ4v) is 8.82. The van der Waals surface area contributed by atoms with E-state index in [0.717, 1.165) is 82.8 Å². The second-order valence-electron chi connectivity index (χ2n) is 14.0. The van der Waals surface area contributed by atoms with Crippen LogP contribution in [0.25, 0.3) is 93.6 Å². The number of rotatable bonds is 4. The lowest BCUT2D eigenvalue weighted by molar-refractivity contribution is 1.16. The summed E-state index contributed by atoms with van der Waals surface area (Å²) < 4.78 is 6.82. The van der Waals surface area contributed by atoms with Gasteiger partial charge in [-0.25, -0.2) is 0 Å². The third-order valence-electron chi connectivity index (χ3n) is 11.1. The molecular formula is C50H29N5. The Labute approximate surface area is 316 Å². The average Bonchev–Trinajstić information content (AvgIpc) is 3.89. The maximum Gasteiger partial charge on any atom is 0.101 e. The predicted octanol–water partition coefficient (Wildman–Crippen LogP) is 12.4. The van der Waals surface area contributed by atoms with Gasteiger partial charge in [-0.3, -0.25) is 0 Å². The fourth-order valence-electron chi connectivity index (χ4n) is 8.82. The van der Waals surface area contributed by atoms with Crippen LogP contribution in [0.5, 0.6) is 0 Å². The molecule has 8 aromatic carbocycles. The Bertz CT molecular complexity index is 3420. The van der Waals surface area contributed by atoms with E-state index in [2.05, 4.69) is 165 Å². The van der Waals surface area contributed by atoms with Crippen molar-refractivity contribution in [2.45, 2.75) is 0 Å². The standard InChI is InChI=1S/C50H29N5/c51-30-34-27-26-33(32-12-9-14-36(28-32)53-42-20-5-3-17-39(42)40-19-10-13-35(31-52)50(40)53)29-48(34)55-45-23-8-4-18-41(45)49-46(24-11-25-47(49)55)54-43-21-6-1-15-37(43)38-16-2-7-22-44(38)54/h1-29H. The van der Waals surface area contributed by atoms with Crippen LogP contribution < -0.4 is 0 Å². The van der Waals surface area contributed by atoms with Gasteiger partial charge < -0.3 is 13.7 Å². The highest BCUT2D eigenvalue weighted by molar-refractivity contribution is 6.16. The first kappa shape index (κ1) is 30.7. The highest BCUT2D eigenvalue weighted by atomic mass is 15.0. The molecule has 11 rings (SSSR count). The van der Waals surface area contributed by atoms with E-state index in [-0.39, 0.29) is 0 Å². The molecule has 0 bridgehead atoms. The van der Waals surface area contributed by atoms with Gasteiger partial charge in [-0.1, -0.05) is 109 Å². The normalized spacial score (nSPS) is 11.6. The SMILES string of the molecule is N#Cc1ccc(-c2cccc(-n3c4ccccc4c4cccc(C#N)c43)c2)cc1-n1c2ccccc2c2c(-n3c4ccccc4c4ccccc43)cccc21. The van der Waals surface area contributed by atoms with E-state index in [4.69, 9.17) is 0 Å². The minimum absolute atomic E-state index is 0.589. The molecule has 3 aromatic heterocycles. The first-order chi connectivity index (χ1) is 27.2. The average molecular weight is 700 g/mol. The quantitative estimate of drug-likeness (QED) is 0.184. The van der Waals surface area contributed by atoms with E-state index >= 15 is 0 Å². The monoisotopic (exact) mass is 699 g/mol. The summed E-state index contributed by atoms with van der Waals surface area (Å²) in [4.78, 5) is 0. The molecule has 0 N–H and O–H groups in total. The molecule has 5 heteroatoms. The van der Waals surface area contributed by atoms with Gasteiger partial charge in [0.15, 0.2) is 0 Å². The second kappa shape index (κ2) is 11.8. The molecule has 11 aromatic rings. The summed E-state index contributed by atoms with van der Waals surface area (Å²) in [5.74, 6) is 0. The number of hydrogen-bond acceptors (Lipinski definition) is 2. The second-order valence-corrected chi connectivity index (χ2v) is 14.0. The van der Waals surface area contributed by atoms with E-state index in [1.165, 1.54) is 10.8 Å². The van der Waals surface area contributed by atoms with Crippen molar-refractivity contribution in [1.82, 2.24) is 13.7 Å². The number of fused-ring (bicyclic) bond motifs is 9. The van der Waals surface area contributed by atoms with Crippen molar-refractivity contribution in [3.05, 3.63) is 187 Å². The van der Waals surface area contributed by atoms with Crippen molar-refractivity contribution in [2.75, 3.05) is 0 Å². The van der Waals surface area contributed by atoms with Gasteiger partial charge in [0.25, 0.3) is 0 Å². The minimum atomic E-state index is 0.589. The summed E-state index contributed by atoms with van der Waals surface area (Å²) in [5, 5.41) is 27.6. The van der Waals surface area contributed by atoms with Crippen molar-refractivity contribution in [3.63, 3.8) is 0 Å². The van der Waals surface area contributed by atoms with Crippen LogP contribution in [-0.2, 0) is 0 Å². The highest BCUT2D eigenvalue weighted by Gasteiger charge is 2.21. The summed E-state index contributed by atoms with van der Waals surface area (Å²) >= 11 is 0. The molecule has 5 nitrogen and oxygen atoms in total. The van der Waals surface area contributed by atoms with E-state index in [9.17, 15) is 10.5 Å². The molecule has 0 fully saturated rings. The number of nitriles is 2. The van der Waals surface area contributed by atoms with Gasteiger partial charge in [-0.15, -0.1) is 0 Å². The topological polar surface area (TPSA) is 62.4 Å². The number of benzene rings is 8. The number of nitrogens with zero attached hydrogens (tertiary/aromatic N) is 5. The summed E-state index contributed by atoms with van der Waals surface area (Å²) in [6.07, 6.45) is 0. The molecule has 0 aliphatic heterocycles. The maximum atomic E-state index is 10.6. The first-order valence-corrected chi connectivity index (χ1v) is 18.3. The predicted molar refractivity (Wildman–Crippen MR) is 224 cm³/mol. The van der Waals surface area contributed by atoms with Crippen LogP contribution in [0.4, 0.5) is 0 Å². The van der Waals surface area contributed by atoms with Crippen LogP contribution in [0.1, 0.15) is 11.1 Å². The zero-order chi connectivity index (χ0) is 36.6. The molecule has 0 radical (unpaired) electrons. The third kappa shape index (κ3) is 4.39. The van der Waals surface area contributed by atoms with Gasteiger partial charge in [0.2, 0.25) is 0 Å². The molecule has 0 amide bonds. The fraction of sp³-hybridized carbons (Fsp3) is 0. The van der Waals surface area contributed by atoms with Crippen LogP contribution in [0, 0.1) is 22.7 Å². The lowest BCUT2D eigenvalue weighted by atomic mass is 10.0. The van der Waals surface area contributed by atoms with Crippen molar-refractivity contribution in [1.29, 1.82) is 10.5 Å². The van der Waals surface area contributed by atoms with Crippen molar-refractivity contribution in [3.8, 4) is 40.3 Å². The van der Waals surface area contributed by atoms with E-state index in [1.54, 1.807) is 0 Å². The molecule has 0 spiro atoms. The Morgan fingerprint density at radius 2 is 0.855 bits per heavy atom. The smallest absolute Gasteiger partial charge is 0.101 e.